The van der Waals surface area contributed by atoms with E-state index in [1.54, 1.807) is 30.3 Å². The average Bonchev–Trinajstić information content (AvgIpc) is 2.99. The molecule has 3 nitrogen and oxygen atoms in total. The first-order valence-electron chi connectivity index (χ1n) is 6.47. The number of anilines is 1. The van der Waals surface area contributed by atoms with Crippen molar-refractivity contribution in [1.82, 2.24) is 4.98 Å². The van der Waals surface area contributed by atoms with Gasteiger partial charge in [-0.25, -0.2) is 13.8 Å². The highest BCUT2D eigenvalue weighted by atomic mass is 32.1. The molecule has 3 rings (SSSR count). The van der Waals surface area contributed by atoms with E-state index in [1.807, 2.05) is 5.38 Å². The van der Waals surface area contributed by atoms with Crippen molar-refractivity contribution in [2.24, 2.45) is 5.10 Å². The van der Waals surface area contributed by atoms with Gasteiger partial charge in [-0.15, -0.1) is 11.3 Å². The Bertz CT molecular complexity index is 797. The summed E-state index contributed by atoms with van der Waals surface area (Å²) in [5.41, 5.74) is 4.70. The third kappa shape index (κ3) is 3.35. The van der Waals surface area contributed by atoms with E-state index in [9.17, 15) is 8.78 Å². The van der Waals surface area contributed by atoms with Crippen LogP contribution >= 0.6 is 11.3 Å². The molecule has 0 saturated carbocycles. The lowest BCUT2D eigenvalue weighted by atomic mass is 10.2. The summed E-state index contributed by atoms with van der Waals surface area (Å²) in [6.07, 6.45) is 1.40. The largest absolute Gasteiger partial charge is 0.253 e. The number of hydrogen-bond donors (Lipinski definition) is 1. The van der Waals surface area contributed by atoms with Gasteiger partial charge < -0.3 is 0 Å². The fourth-order valence-electron chi connectivity index (χ4n) is 1.82. The molecule has 0 atom stereocenters. The Morgan fingerprint density at radius 2 is 1.82 bits per heavy atom. The van der Waals surface area contributed by atoms with Crippen LogP contribution < -0.4 is 5.43 Å². The second kappa shape index (κ2) is 6.44. The average molecular weight is 315 g/mol. The van der Waals surface area contributed by atoms with Crippen molar-refractivity contribution in [2.75, 3.05) is 5.43 Å². The molecule has 0 bridgehead atoms. The normalized spacial score (nSPS) is 11.0. The van der Waals surface area contributed by atoms with Gasteiger partial charge in [0.15, 0.2) is 0 Å². The highest BCUT2D eigenvalue weighted by Gasteiger charge is 2.04. The van der Waals surface area contributed by atoms with Crippen LogP contribution in [0.4, 0.5) is 13.9 Å². The molecule has 22 heavy (non-hydrogen) atoms. The maximum Gasteiger partial charge on any atom is 0.203 e. The standard InChI is InChI=1S/C16H11F2N3S/c17-13-7-5-11(6-8-13)15-10-22-16(20-15)21-19-9-12-3-1-2-4-14(12)18/h1-10H,(H,20,21). The molecular weight excluding hydrogens is 304 g/mol. The van der Waals surface area contributed by atoms with E-state index in [0.717, 1.165) is 11.3 Å². The fraction of sp³-hybridized carbons (Fsp3) is 0. The van der Waals surface area contributed by atoms with Crippen LogP contribution in [0.1, 0.15) is 5.56 Å². The fourth-order valence-corrected chi connectivity index (χ4v) is 2.48. The van der Waals surface area contributed by atoms with Crippen LogP contribution in [0.15, 0.2) is 59.0 Å². The molecule has 6 heteroatoms. The molecule has 110 valence electrons. The Morgan fingerprint density at radius 3 is 2.59 bits per heavy atom. The summed E-state index contributed by atoms with van der Waals surface area (Å²) < 4.78 is 26.3. The summed E-state index contributed by atoms with van der Waals surface area (Å²) in [5, 5.41) is 6.38. The lowest BCUT2D eigenvalue weighted by Crippen LogP contribution is -1.92. The van der Waals surface area contributed by atoms with E-state index in [1.165, 1.54) is 35.8 Å². The Morgan fingerprint density at radius 1 is 1.05 bits per heavy atom. The Labute approximate surface area is 130 Å². The van der Waals surface area contributed by atoms with Gasteiger partial charge >= 0.3 is 0 Å². The van der Waals surface area contributed by atoms with E-state index in [2.05, 4.69) is 15.5 Å². The van der Waals surface area contributed by atoms with Crippen molar-refractivity contribution < 1.29 is 8.78 Å². The van der Waals surface area contributed by atoms with Crippen molar-refractivity contribution in [3.05, 3.63) is 71.1 Å². The first-order valence-corrected chi connectivity index (χ1v) is 7.35. The molecule has 0 aliphatic heterocycles. The molecule has 0 fully saturated rings. The first kappa shape index (κ1) is 14.3. The topological polar surface area (TPSA) is 37.3 Å². The number of halogens is 2. The maximum atomic E-state index is 13.4. The van der Waals surface area contributed by atoms with Crippen LogP contribution in [0.5, 0.6) is 0 Å². The van der Waals surface area contributed by atoms with Crippen LogP contribution in [0, 0.1) is 11.6 Å². The SMILES string of the molecule is Fc1ccc(-c2csc(NN=Cc3ccccc3F)n2)cc1. The maximum absolute atomic E-state index is 13.4. The number of thiazole rings is 1. The molecule has 0 spiro atoms. The number of nitrogens with one attached hydrogen (secondary N) is 1. The van der Waals surface area contributed by atoms with Crippen LogP contribution in [-0.2, 0) is 0 Å². The molecule has 0 amide bonds. The van der Waals surface area contributed by atoms with Gasteiger partial charge in [0.25, 0.3) is 0 Å². The van der Waals surface area contributed by atoms with Crippen LogP contribution in [0.2, 0.25) is 0 Å². The van der Waals surface area contributed by atoms with Gasteiger partial charge in [0.1, 0.15) is 11.6 Å². The zero-order valence-electron chi connectivity index (χ0n) is 11.3. The number of aromatic nitrogens is 1. The summed E-state index contributed by atoms with van der Waals surface area (Å²) in [5.74, 6) is -0.619. The van der Waals surface area contributed by atoms with Gasteiger partial charge in [-0.3, -0.25) is 5.43 Å². The minimum atomic E-state index is -0.334. The molecule has 0 unspecified atom stereocenters. The Kier molecular flexibility index (Phi) is 4.20. The van der Waals surface area contributed by atoms with Crippen molar-refractivity contribution in [1.29, 1.82) is 0 Å². The van der Waals surface area contributed by atoms with Crippen molar-refractivity contribution in [2.45, 2.75) is 0 Å². The smallest absolute Gasteiger partial charge is 0.203 e. The summed E-state index contributed by atoms with van der Waals surface area (Å²) in [6.45, 7) is 0. The number of benzene rings is 2. The molecule has 1 aromatic heterocycles. The minimum Gasteiger partial charge on any atom is -0.253 e. The number of hydrazone groups is 1. The first-order chi connectivity index (χ1) is 10.7. The zero-order valence-corrected chi connectivity index (χ0v) is 12.1. The van der Waals surface area contributed by atoms with Gasteiger partial charge in [0.2, 0.25) is 5.13 Å². The summed E-state index contributed by atoms with van der Waals surface area (Å²) >= 11 is 1.36. The minimum absolute atomic E-state index is 0.285. The second-order valence-electron chi connectivity index (χ2n) is 4.44. The molecular formula is C16H11F2N3S. The highest BCUT2D eigenvalue weighted by Crippen LogP contribution is 2.24. The quantitative estimate of drug-likeness (QED) is 0.567. The van der Waals surface area contributed by atoms with Crippen LogP contribution in [0.3, 0.4) is 0 Å². The summed E-state index contributed by atoms with van der Waals surface area (Å²) in [4.78, 5) is 4.34. The Hall–Kier alpha value is -2.60. The van der Waals surface area contributed by atoms with E-state index in [-0.39, 0.29) is 11.6 Å². The number of rotatable bonds is 4. The van der Waals surface area contributed by atoms with Crippen molar-refractivity contribution in [3.63, 3.8) is 0 Å². The lowest BCUT2D eigenvalue weighted by Gasteiger charge is -1.97. The predicted octanol–water partition coefficient (Wildman–Crippen LogP) is 4.53. The van der Waals surface area contributed by atoms with Gasteiger partial charge in [0.05, 0.1) is 11.9 Å². The molecule has 3 aromatic rings. The van der Waals surface area contributed by atoms with E-state index in [4.69, 9.17) is 0 Å². The lowest BCUT2D eigenvalue weighted by molar-refractivity contribution is 0.626. The van der Waals surface area contributed by atoms with Crippen LogP contribution in [0.25, 0.3) is 11.3 Å². The molecule has 1 heterocycles. The van der Waals surface area contributed by atoms with E-state index >= 15 is 0 Å². The third-order valence-electron chi connectivity index (χ3n) is 2.91. The van der Waals surface area contributed by atoms with Gasteiger partial charge in [-0.1, -0.05) is 18.2 Å². The summed E-state index contributed by atoms with van der Waals surface area (Å²) in [6, 6.07) is 12.5. The molecule has 0 aliphatic rings. The number of hydrogen-bond acceptors (Lipinski definition) is 4. The molecule has 0 radical (unpaired) electrons. The van der Waals surface area contributed by atoms with E-state index < -0.39 is 0 Å². The van der Waals surface area contributed by atoms with Gasteiger partial charge in [0, 0.05) is 16.5 Å². The summed E-state index contributed by atoms with van der Waals surface area (Å²) in [7, 11) is 0. The van der Waals surface area contributed by atoms with Crippen LogP contribution in [-0.4, -0.2) is 11.2 Å². The monoisotopic (exact) mass is 315 g/mol. The van der Waals surface area contributed by atoms with E-state index in [0.29, 0.717) is 10.7 Å². The second-order valence-corrected chi connectivity index (χ2v) is 5.29. The molecule has 0 aliphatic carbocycles. The van der Waals surface area contributed by atoms with Gasteiger partial charge in [-0.2, -0.15) is 5.10 Å². The Balaban J connectivity index is 1.70. The number of nitrogens with zero attached hydrogens (tertiary/aromatic N) is 2. The zero-order chi connectivity index (χ0) is 15.4. The molecule has 2 aromatic carbocycles. The predicted molar refractivity (Wildman–Crippen MR) is 85.1 cm³/mol. The van der Waals surface area contributed by atoms with Gasteiger partial charge in [-0.05, 0) is 30.3 Å². The third-order valence-corrected chi connectivity index (χ3v) is 3.66. The van der Waals surface area contributed by atoms with Crippen molar-refractivity contribution >= 4 is 22.7 Å². The molecule has 0 saturated heterocycles. The highest BCUT2D eigenvalue weighted by molar-refractivity contribution is 7.14. The molecule has 1 N–H and O–H groups in total. The van der Waals surface area contributed by atoms with Crippen molar-refractivity contribution in [3.8, 4) is 11.3 Å².